The van der Waals surface area contributed by atoms with Crippen LogP contribution in [0.15, 0.2) is 54.7 Å². The Bertz CT molecular complexity index is 882. The van der Waals surface area contributed by atoms with Crippen molar-refractivity contribution in [2.24, 2.45) is 0 Å². The lowest BCUT2D eigenvalue weighted by atomic mass is 9.94. The van der Waals surface area contributed by atoms with Gasteiger partial charge in [-0.15, -0.1) is 0 Å². The molecule has 0 saturated heterocycles. The SMILES string of the molecule is Cc1ccc2nc(C3=CC=CCC3)c(C3=CC=CCC3)nc2c1. The number of nitrogens with zero attached hydrogens (tertiary/aromatic N) is 2. The first-order valence-electron chi connectivity index (χ1n) is 8.32. The maximum Gasteiger partial charge on any atom is 0.0929 e. The third-order valence-corrected chi connectivity index (χ3v) is 4.46. The number of hydrogen-bond donors (Lipinski definition) is 0. The smallest absolute Gasteiger partial charge is 0.0929 e. The van der Waals surface area contributed by atoms with Crippen molar-refractivity contribution in [1.82, 2.24) is 9.97 Å². The van der Waals surface area contributed by atoms with Gasteiger partial charge in [-0.05, 0) is 61.4 Å². The average molecular weight is 300 g/mol. The molecule has 2 aliphatic rings. The molecule has 2 nitrogen and oxygen atoms in total. The predicted octanol–water partition coefficient (Wildman–Crippen LogP) is 5.41. The van der Waals surface area contributed by atoms with Gasteiger partial charge < -0.3 is 0 Å². The maximum absolute atomic E-state index is 5.01. The second kappa shape index (κ2) is 5.96. The van der Waals surface area contributed by atoms with Crippen LogP contribution in [0.4, 0.5) is 0 Å². The number of aromatic nitrogens is 2. The van der Waals surface area contributed by atoms with Gasteiger partial charge >= 0.3 is 0 Å². The molecular weight excluding hydrogens is 280 g/mol. The Kier molecular flexibility index (Phi) is 3.66. The summed E-state index contributed by atoms with van der Waals surface area (Å²) < 4.78 is 0. The summed E-state index contributed by atoms with van der Waals surface area (Å²) in [6.07, 6.45) is 17.3. The Hall–Kier alpha value is -2.48. The summed E-state index contributed by atoms with van der Waals surface area (Å²) in [4.78, 5) is 9.99. The highest BCUT2D eigenvalue weighted by Gasteiger charge is 2.17. The second-order valence-corrected chi connectivity index (χ2v) is 6.23. The molecule has 0 aliphatic heterocycles. The predicted molar refractivity (Wildman–Crippen MR) is 97.0 cm³/mol. The van der Waals surface area contributed by atoms with E-state index in [0.717, 1.165) is 48.1 Å². The summed E-state index contributed by atoms with van der Waals surface area (Å²) in [5, 5.41) is 0. The fraction of sp³-hybridized carbons (Fsp3) is 0.238. The molecule has 2 aromatic rings. The van der Waals surface area contributed by atoms with E-state index in [1.165, 1.54) is 16.7 Å². The molecule has 0 spiro atoms. The lowest BCUT2D eigenvalue weighted by Gasteiger charge is -2.17. The lowest BCUT2D eigenvalue weighted by Crippen LogP contribution is -2.04. The topological polar surface area (TPSA) is 25.8 Å². The van der Waals surface area contributed by atoms with Crippen LogP contribution in [0.25, 0.3) is 22.2 Å². The quantitative estimate of drug-likeness (QED) is 0.741. The minimum absolute atomic E-state index is 0.983. The molecule has 0 unspecified atom stereocenters. The fourth-order valence-electron chi connectivity index (χ4n) is 3.21. The van der Waals surface area contributed by atoms with E-state index in [1.807, 2.05) is 0 Å². The van der Waals surface area contributed by atoms with Gasteiger partial charge in [-0.3, -0.25) is 0 Å². The zero-order valence-corrected chi connectivity index (χ0v) is 13.4. The molecule has 1 aromatic heterocycles. The summed E-state index contributed by atoms with van der Waals surface area (Å²) in [6, 6.07) is 6.32. The van der Waals surface area contributed by atoms with Crippen LogP contribution in [0.2, 0.25) is 0 Å². The third-order valence-electron chi connectivity index (χ3n) is 4.46. The largest absolute Gasteiger partial charge is 0.244 e. The molecular formula is C21H20N2. The monoisotopic (exact) mass is 300 g/mol. The van der Waals surface area contributed by atoms with Crippen molar-refractivity contribution in [2.45, 2.75) is 32.6 Å². The van der Waals surface area contributed by atoms with Gasteiger partial charge in [0.05, 0.1) is 22.4 Å². The number of aryl methyl sites for hydroxylation is 1. The standard InChI is InChI=1S/C21H20N2/c1-15-12-13-18-19(14-15)23-21(17-10-6-3-7-11-17)20(22-18)16-8-4-2-5-9-16/h2-4,6,8,10,12-14H,5,7,9,11H2,1H3. The van der Waals surface area contributed by atoms with Gasteiger partial charge in [0.2, 0.25) is 0 Å². The van der Waals surface area contributed by atoms with Crippen molar-refractivity contribution in [3.8, 4) is 0 Å². The van der Waals surface area contributed by atoms with Crippen LogP contribution in [0, 0.1) is 6.92 Å². The van der Waals surface area contributed by atoms with E-state index in [2.05, 4.69) is 61.6 Å². The van der Waals surface area contributed by atoms with Crippen LogP contribution in [0.1, 0.15) is 42.6 Å². The fourth-order valence-corrected chi connectivity index (χ4v) is 3.21. The molecule has 2 heteroatoms. The summed E-state index contributed by atoms with van der Waals surface area (Å²) in [6.45, 7) is 2.10. The number of fused-ring (bicyclic) bond motifs is 1. The van der Waals surface area contributed by atoms with E-state index in [1.54, 1.807) is 0 Å². The first kappa shape index (κ1) is 14.1. The molecule has 0 radical (unpaired) electrons. The van der Waals surface area contributed by atoms with E-state index in [0.29, 0.717) is 0 Å². The molecule has 0 amide bonds. The van der Waals surface area contributed by atoms with Crippen LogP contribution in [-0.4, -0.2) is 9.97 Å². The van der Waals surface area contributed by atoms with Crippen molar-refractivity contribution in [2.75, 3.05) is 0 Å². The number of benzene rings is 1. The highest BCUT2D eigenvalue weighted by atomic mass is 14.8. The van der Waals surface area contributed by atoms with Gasteiger partial charge in [0.15, 0.2) is 0 Å². The van der Waals surface area contributed by atoms with Crippen molar-refractivity contribution >= 4 is 22.2 Å². The van der Waals surface area contributed by atoms with Crippen LogP contribution in [0.3, 0.4) is 0 Å². The Morgan fingerprint density at radius 1 is 0.783 bits per heavy atom. The molecule has 114 valence electrons. The van der Waals surface area contributed by atoms with Gasteiger partial charge in [0.25, 0.3) is 0 Å². The van der Waals surface area contributed by atoms with Crippen LogP contribution in [0.5, 0.6) is 0 Å². The number of allylic oxidation sites excluding steroid dienone is 8. The molecule has 2 aliphatic carbocycles. The molecule has 0 atom stereocenters. The molecule has 1 aromatic carbocycles. The van der Waals surface area contributed by atoms with E-state index in [4.69, 9.17) is 9.97 Å². The number of rotatable bonds is 2. The molecule has 23 heavy (non-hydrogen) atoms. The first-order valence-corrected chi connectivity index (χ1v) is 8.32. The third kappa shape index (κ3) is 2.77. The van der Waals surface area contributed by atoms with Gasteiger partial charge in [-0.1, -0.05) is 42.5 Å². The van der Waals surface area contributed by atoms with Gasteiger partial charge in [0, 0.05) is 0 Å². The normalized spacial score (nSPS) is 17.3. The highest BCUT2D eigenvalue weighted by Crippen LogP contribution is 2.32. The Labute approximate surface area is 137 Å². The Balaban J connectivity index is 1.95. The summed E-state index contributed by atoms with van der Waals surface area (Å²) in [7, 11) is 0. The zero-order chi connectivity index (χ0) is 15.6. The summed E-state index contributed by atoms with van der Waals surface area (Å²) in [5.74, 6) is 0. The molecule has 1 heterocycles. The molecule has 0 fully saturated rings. The van der Waals surface area contributed by atoms with Crippen molar-refractivity contribution in [1.29, 1.82) is 0 Å². The van der Waals surface area contributed by atoms with Crippen molar-refractivity contribution in [3.05, 3.63) is 71.6 Å². The molecule has 0 saturated carbocycles. The maximum atomic E-state index is 5.01. The summed E-state index contributed by atoms with van der Waals surface area (Å²) >= 11 is 0. The number of hydrogen-bond acceptors (Lipinski definition) is 2. The second-order valence-electron chi connectivity index (χ2n) is 6.23. The molecule has 0 N–H and O–H groups in total. The molecule has 4 rings (SSSR count). The van der Waals surface area contributed by atoms with E-state index in [-0.39, 0.29) is 0 Å². The Morgan fingerprint density at radius 2 is 1.39 bits per heavy atom. The average Bonchev–Trinajstić information content (AvgIpc) is 2.62. The Morgan fingerprint density at radius 3 is 1.96 bits per heavy atom. The van der Waals surface area contributed by atoms with Crippen LogP contribution >= 0.6 is 0 Å². The zero-order valence-electron chi connectivity index (χ0n) is 13.4. The van der Waals surface area contributed by atoms with Gasteiger partial charge in [-0.2, -0.15) is 0 Å². The highest BCUT2D eigenvalue weighted by molar-refractivity contribution is 5.84. The lowest BCUT2D eigenvalue weighted by molar-refractivity contribution is 1.01. The van der Waals surface area contributed by atoms with E-state index < -0.39 is 0 Å². The van der Waals surface area contributed by atoms with E-state index in [9.17, 15) is 0 Å². The van der Waals surface area contributed by atoms with Crippen LogP contribution < -0.4 is 0 Å². The van der Waals surface area contributed by atoms with Gasteiger partial charge in [-0.25, -0.2) is 9.97 Å². The van der Waals surface area contributed by atoms with Gasteiger partial charge in [0.1, 0.15) is 0 Å². The van der Waals surface area contributed by atoms with Crippen molar-refractivity contribution in [3.63, 3.8) is 0 Å². The van der Waals surface area contributed by atoms with E-state index >= 15 is 0 Å². The minimum atomic E-state index is 0.983. The van der Waals surface area contributed by atoms with Crippen LogP contribution in [-0.2, 0) is 0 Å². The first-order chi connectivity index (χ1) is 11.3. The molecule has 0 bridgehead atoms. The minimum Gasteiger partial charge on any atom is -0.244 e. The summed E-state index contributed by atoms with van der Waals surface area (Å²) in [5.41, 5.74) is 7.92. The van der Waals surface area contributed by atoms with Crippen molar-refractivity contribution < 1.29 is 0 Å².